The average molecular weight is 257 g/mol. The third-order valence-corrected chi connectivity index (χ3v) is 2.89. The molecule has 0 aliphatic heterocycles. The number of thioether (sulfide) groups is 1. The average Bonchev–Trinajstić information content (AvgIpc) is 2.69. The summed E-state index contributed by atoms with van der Waals surface area (Å²) in [4.78, 5) is 26.3. The third kappa shape index (κ3) is 3.85. The molecule has 6 nitrogen and oxygen atoms in total. The predicted octanol–water partition coefficient (Wildman–Crippen LogP) is 0.814. The number of carbonyl (C=O) groups is 2. The first-order valence-electron chi connectivity index (χ1n) is 5.13. The van der Waals surface area contributed by atoms with Crippen molar-refractivity contribution in [3.63, 3.8) is 0 Å². The fourth-order valence-corrected chi connectivity index (χ4v) is 1.65. The number of methoxy groups -OCH3 is 1. The van der Waals surface area contributed by atoms with Gasteiger partial charge in [-0.2, -0.15) is 0 Å². The van der Waals surface area contributed by atoms with Gasteiger partial charge in [-0.25, -0.2) is 9.78 Å². The van der Waals surface area contributed by atoms with Crippen molar-refractivity contribution in [2.24, 2.45) is 7.05 Å². The molecule has 94 valence electrons. The van der Waals surface area contributed by atoms with E-state index < -0.39 is 5.97 Å². The lowest BCUT2D eigenvalue weighted by Gasteiger charge is -1.98. The molecule has 17 heavy (non-hydrogen) atoms. The van der Waals surface area contributed by atoms with Crippen LogP contribution in [0.2, 0.25) is 0 Å². The maximum atomic E-state index is 11.2. The summed E-state index contributed by atoms with van der Waals surface area (Å²) in [6.45, 7) is 0. The van der Waals surface area contributed by atoms with Gasteiger partial charge in [-0.3, -0.25) is 9.48 Å². The van der Waals surface area contributed by atoms with Crippen molar-refractivity contribution in [1.82, 2.24) is 14.8 Å². The molecule has 1 rings (SSSR count). The van der Waals surface area contributed by atoms with Crippen LogP contribution in [0.25, 0.3) is 0 Å². The van der Waals surface area contributed by atoms with Gasteiger partial charge in [0.05, 0.1) is 7.11 Å². The summed E-state index contributed by atoms with van der Waals surface area (Å²) in [5, 5.41) is 4.09. The zero-order chi connectivity index (χ0) is 12.8. The van der Waals surface area contributed by atoms with Gasteiger partial charge in [0.25, 0.3) is 5.82 Å². The fraction of sp³-hybridized carbons (Fsp3) is 0.600. The minimum atomic E-state index is -0.549. The Balaban J connectivity index is 2.57. The fourth-order valence-electron chi connectivity index (χ4n) is 1.31. The largest absolute Gasteiger partial charge is 0.463 e. The summed E-state index contributed by atoms with van der Waals surface area (Å²) < 4.78 is 6.07. The van der Waals surface area contributed by atoms with Crippen LogP contribution in [-0.2, 0) is 23.0 Å². The quantitative estimate of drug-likeness (QED) is 0.727. The molecule has 1 aromatic heterocycles. The van der Waals surface area contributed by atoms with E-state index >= 15 is 0 Å². The van der Waals surface area contributed by atoms with E-state index in [1.807, 2.05) is 0 Å². The van der Waals surface area contributed by atoms with Crippen molar-refractivity contribution in [3.05, 3.63) is 11.6 Å². The lowest BCUT2D eigenvalue weighted by Crippen LogP contribution is -2.04. The molecule has 0 N–H and O–H groups in total. The summed E-state index contributed by atoms with van der Waals surface area (Å²) >= 11 is 1.22. The molecule has 0 aliphatic carbocycles. The number of aryl methyl sites for hydroxylation is 2. The summed E-state index contributed by atoms with van der Waals surface area (Å²) in [6.07, 6.45) is 3.58. The second-order valence-corrected chi connectivity index (χ2v) is 4.26. The lowest BCUT2D eigenvalue weighted by molar-refractivity contribution is -0.111. The molecule has 0 radical (unpaired) electrons. The number of hydrogen-bond donors (Lipinski definition) is 0. The van der Waals surface area contributed by atoms with Crippen LogP contribution < -0.4 is 0 Å². The standard InChI is InChI=1S/C10H15N3O3S/c1-13-7(5-4-6-8(14)17-3)11-9(12-13)10(15)16-2/h4-6H2,1-3H3. The minimum absolute atomic E-state index is 0.0567. The number of hydrogen-bond acceptors (Lipinski definition) is 6. The van der Waals surface area contributed by atoms with E-state index in [0.29, 0.717) is 25.1 Å². The van der Waals surface area contributed by atoms with Gasteiger partial charge in [-0.15, -0.1) is 5.10 Å². The Morgan fingerprint density at radius 1 is 1.47 bits per heavy atom. The van der Waals surface area contributed by atoms with Gasteiger partial charge in [0.15, 0.2) is 5.12 Å². The topological polar surface area (TPSA) is 74.1 Å². The zero-order valence-electron chi connectivity index (χ0n) is 10.1. The minimum Gasteiger partial charge on any atom is -0.463 e. The van der Waals surface area contributed by atoms with E-state index in [0.717, 1.165) is 0 Å². The molecular weight excluding hydrogens is 242 g/mol. The van der Waals surface area contributed by atoms with Gasteiger partial charge < -0.3 is 4.74 Å². The van der Waals surface area contributed by atoms with E-state index in [1.165, 1.54) is 23.6 Å². The maximum absolute atomic E-state index is 11.2. The Labute approximate surface area is 104 Å². The SMILES string of the molecule is COC(=O)c1nc(CCCC(=O)SC)n(C)n1. The molecule has 1 aromatic rings. The number of ether oxygens (including phenoxy) is 1. The van der Waals surface area contributed by atoms with E-state index in [2.05, 4.69) is 14.8 Å². The summed E-state index contributed by atoms with van der Waals surface area (Å²) in [5.74, 6) is 0.188. The van der Waals surface area contributed by atoms with Crippen LogP contribution in [0, 0.1) is 0 Å². The lowest BCUT2D eigenvalue weighted by atomic mass is 10.2. The molecule has 7 heteroatoms. The normalized spacial score (nSPS) is 10.3. The summed E-state index contributed by atoms with van der Waals surface area (Å²) in [7, 11) is 3.00. The molecule has 0 bridgehead atoms. The number of rotatable bonds is 5. The maximum Gasteiger partial charge on any atom is 0.377 e. The van der Waals surface area contributed by atoms with Crippen molar-refractivity contribution in [3.8, 4) is 0 Å². The first kappa shape index (κ1) is 13.7. The molecule has 0 saturated carbocycles. The Hall–Kier alpha value is -1.37. The first-order chi connectivity index (χ1) is 8.08. The van der Waals surface area contributed by atoms with E-state index in [1.54, 1.807) is 13.3 Å². The smallest absolute Gasteiger partial charge is 0.377 e. The van der Waals surface area contributed by atoms with Crippen LogP contribution in [0.1, 0.15) is 29.3 Å². The second kappa shape index (κ2) is 6.39. The van der Waals surface area contributed by atoms with E-state index in [-0.39, 0.29) is 10.9 Å². The Bertz CT molecular complexity index is 417. The van der Waals surface area contributed by atoms with Gasteiger partial charge in [0, 0.05) is 19.9 Å². The van der Waals surface area contributed by atoms with Gasteiger partial charge in [-0.05, 0) is 12.7 Å². The van der Waals surface area contributed by atoms with Crippen LogP contribution in [0.15, 0.2) is 0 Å². The molecule has 0 unspecified atom stereocenters. The Morgan fingerprint density at radius 2 is 2.18 bits per heavy atom. The highest BCUT2D eigenvalue weighted by Gasteiger charge is 2.14. The molecule has 0 aliphatic rings. The van der Waals surface area contributed by atoms with Gasteiger partial charge >= 0.3 is 5.97 Å². The zero-order valence-corrected chi connectivity index (χ0v) is 10.9. The highest BCUT2D eigenvalue weighted by Crippen LogP contribution is 2.07. The Kier molecular flexibility index (Phi) is 5.14. The van der Waals surface area contributed by atoms with Crippen molar-refractivity contribution in [2.75, 3.05) is 13.4 Å². The van der Waals surface area contributed by atoms with E-state index in [4.69, 9.17) is 0 Å². The molecule has 0 fully saturated rings. The molecule has 0 atom stereocenters. The summed E-state index contributed by atoms with van der Waals surface area (Å²) in [6, 6.07) is 0. The van der Waals surface area contributed by atoms with Crippen LogP contribution in [0.5, 0.6) is 0 Å². The molecule has 0 saturated heterocycles. The van der Waals surface area contributed by atoms with Gasteiger partial charge in [0.1, 0.15) is 5.82 Å². The Morgan fingerprint density at radius 3 is 2.76 bits per heavy atom. The van der Waals surface area contributed by atoms with Crippen molar-refractivity contribution in [2.45, 2.75) is 19.3 Å². The highest BCUT2D eigenvalue weighted by molar-refractivity contribution is 8.13. The van der Waals surface area contributed by atoms with Gasteiger partial charge in [-0.1, -0.05) is 11.8 Å². The summed E-state index contributed by atoms with van der Waals surface area (Å²) in [5.41, 5.74) is 0. The number of esters is 1. The van der Waals surface area contributed by atoms with Crippen molar-refractivity contribution in [1.29, 1.82) is 0 Å². The predicted molar refractivity (Wildman–Crippen MR) is 63.8 cm³/mol. The van der Waals surface area contributed by atoms with Crippen LogP contribution in [0.3, 0.4) is 0 Å². The molecule has 0 spiro atoms. The molecule has 0 aromatic carbocycles. The molecule has 0 amide bonds. The first-order valence-corrected chi connectivity index (χ1v) is 6.36. The van der Waals surface area contributed by atoms with Crippen molar-refractivity contribution >= 4 is 22.8 Å². The van der Waals surface area contributed by atoms with Gasteiger partial charge in [0.2, 0.25) is 0 Å². The van der Waals surface area contributed by atoms with Crippen molar-refractivity contribution < 1.29 is 14.3 Å². The third-order valence-electron chi connectivity index (χ3n) is 2.23. The number of nitrogens with zero attached hydrogens (tertiary/aromatic N) is 3. The number of carbonyl (C=O) groups excluding carboxylic acids is 2. The molecular formula is C10H15N3O3S. The van der Waals surface area contributed by atoms with Crippen LogP contribution in [-0.4, -0.2) is 39.2 Å². The van der Waals surface area contributed by atoms with Crippen LogP contribution >= 0.6 is 11.8 Å². The van der Waals surface area contributed by atoms with E-state index in [9.17, 15) is 9.59 Å². The second-order valence-electron chi connectivity index (χ2n) is 3.40. The molecule has 1 heterocycles. The monoisotopic (exact) mass is 257 g/mol. The number of aromatic nitrogens is 3. The highest BCUT2D eigenvalue weighted by atomic mass is 32.2. The van der Waals surface area contributed by atoms with Crippen LogP contribution in [0.4, 0.5) is 0 Å².